The number of nitrogens with two attached hydrogens (primary N) is 1. The van der Waals surface area contributed by atoms with E-state index in [1.54, 1.807) is 12.1 Å². The van der Waals surface area contributed by atoms with Crippen LogP contribution in [-0.2, 0) is 16.4 Å². The first kappa shape index (κ1) is 18.2. The number of benzene rings is 1. The average molecular weight is 349 g/mol. The number of hydrogen-bond donors (Lipinski definition) is 3. The van der Waals surface area contributed by atoms with Gasteiger partial charge in [-0.25, -0.2) is 23.5 Å². The van der Waals surface area contributed by atoms with E-state index in [2.05, 4.69) is 34.4 Å². The monoisotopic (exact) mass is 349 g/mol. The van der Waals surface area contributed by atoms with Gasteiger partial charge in [-0.2, -0.15) is 0 Å². The van der Waals surface area contributed by atoms with Crippen LogP contribution in [0.2, 0.25) is 0 Å². The lowest BCUT2D eigenvalue weighted by Crippen LogP contribution is -2.15. The molecule has 2 rings (SSSR count). The van der Waals surface area contributed by atoms with Crippen molar-refractivity contribution in [2.75, 3.05) is 17.2 Å². The largest absolute Gasteiger partial charge is 0.370 e. The molecule has 1 unspecified atom stereocenters. The summed E-state index contributed by atoms with van der Waals surface area (Å²) in [6.07, 6.45) is 3.28. The van der Waals surface area contributed by atoms with Gasteiger partial charge in [0.25, 0.3) is 0 Å². The molecule has 0 spiro atoms. The molecule has 24 heavy (non-hydrogen) atoms. The van der Waals surface area contributed by atoms with Gasteiger partial charge in [0.2, 0.25) is 10.0 Å². The number of primary sulfonamides is 1. The van der Waals surface area contributed by atoms with Crippen LogP contribution in [0, 0.1) is 0 Å². The molecular weight excluding hydrogens is 326 g/mol. The van der Waals surface area contributed by atoms with Crippen LogP contribution in [-0.4, -0.2) is 31.0 Å². The number of aromatic nitrogens is 2. The highest BCUT2D eigenvalue weighted by Gasteiger charge is 2.06. The van der Waals surface area contributed by atoms with Crippen LogP contribution in [0.5, 0.6) is 0 Å². The Labute approximate surface area is 142 Å². The third-order valence-corrected chi connectivity index (χ3v) is 4.57. The van der Waals surface area contributed by atoms with Crippen molar-refractivity contribution >= 4 is 21.7 Å². The van der Waals surface area contributed by atoms with Gasteiger partial charge in [0.1, 0.15) is 18.0 Å². The Morgan fingerprint density at radius 2 is 1.83 bits per heavy atom. The van der Waals surface area contributed by atoms with Crippen molar-refractivity contribution in [3.63, 3.8) is 0 Å². The molecule has 8 heteroatoms. The normalized spacial score (nSPS) is 12.6. The smallest absolute Gasteiger partial charge is 0.238 e. The van der Waals surface area contributed by atoms with Gasteiger partial charge in [0, 0.05) is 18.7 Å². The van der Waals surface area contributed by atoms with Crippen LogP contribution in [0.15, 0.2) is 41.6 Å². The molecule has 0 bridgehead atoms. The maximum absolute atomic E-state index is 11.2. The zero-order chi connectivity index (χ0) is 17.6. The van der Waals surface area contributed by atoms with E-state index in [0.29, 0.717) is 12.6 Å². The molecule has 0 radical (unpaired) electrons. The highest BCUT2D eigenvalue weighted by Crippen LogP contribution is 2.12. The maximum atomic E-state index is 11.2. The Morgan fingerprint density at radius 3 is 2.46 bits per heavy atom. The summed E-state index contributed by atoms with van der Waals surface area (Å²) in [5.74, 6) is 1.54. The lowest BCUT2D eigenvalue weighted by molar-refractivity contribution is 0.598. The third-order valence-electron chi connectivity index (χ3n) is 3.65. The number of hydrogen-bond acceptors (Lipinski definition) is 6. The fraction of sp³-hybridized carbons (Fsp3) is 0.375. The zero-order valence-corrected chi connectivity index (χ0v) is 14.7. The van der Waals surface area contributed by atoms with Gasteiger partial charge in [-0.1, -0.05) is 19.1 Å². The highest BCUT2D eigenvalue weighted by atomic mass is 32.2. The predicted octanol–water partition coefficient (Wildman–Crippen LogP) is 1.99. The summed E-state index contributed by atoms with van der Waals surface area (Å²) in [4.78, 5) is 8.51. The summed E-state index contributed by atoms with van der Waals surface area (Å²) < 4.78 is 22.4. The van der Waals surface area contributed by atoms with Gasteiger partial charge in [-0.15, -0.1) is 0 Å². The van der Waals surface area contributed by atoms with E-state index in [4.69, 9.17) is 5.14 Å². The average Bonchev–Trinajstić information content (AvgIpc) is 2.55. The minimum Gasteiger partial charge on any atom is -0.370 e. The summed E-state index contributed by atoms with van der Waals surface area (Å²) in [5.41, 5.74) is 1.02. The Morgan fingerprint density at radius 1 is 1.17 bits per heavy atom. The molecule has 7 nitrogen and oxygen atoms in total. The van der Waals surface area contributed by atoms with E-state index in [1.807, 2.05) is 6.07 Å². The highest BCUT2D eigenvalue weighted by molar-refractivity contribution is 7.89. The Kier molecular flexibility index (Phi) is 6.10. The van der Waals surface area contributed by atoms with Crippen LogP contribution in [0.3, 0.4) is 0 Å². The van der Waals surface area contributed by atoms with Gasteiger partial charge >= 0.3 is 0 Å². The summed E-state index contributed by atoms with van der Waals surface area (Å²) >= 11 is 0. The summed E-state index contributed by atoms with van der Waals surface area (Å²) in [5, 5.41) is 11.6. The van der Waals surface area contributed by atoms with Gasteiger partial charge in [-0.05, 0) is 37.5 Å². The fourth-order valence-corrected chi connectivity index (χ4v) is 2.58. The zero-order valence-electron chi connectivity index (χ0n) is 13.9. The topological polar surface area (TPSA) is 110 Å². The Hall–Kier alpha value is -2.19. The first-order chi connectivity index (χ1) is 11.4. The summed E-state index contributed by atoms with van der Waals surface area (Å²) in [6, 6.07) is 8.78. The van der Waals surface area contributed by atoms with Crippen LogP contribution in [0.4, 0.5) is 11.6 Å². The van der Waals surface area contributed by atoms with E-state index in [9.17, 15) is 8.42 Å². The first-order valence-corrected chi connectivity index (χ1v) is 9.37. The van der Waals surface area contributed by atoms with Crippen LogP contribution >= 0.6 is 0 Å². The van der Waals surface area contributed by atoms with E-state index < -0.39 is 10.0 Å². The van der Waals surface area contributed by atoms with Gasteiger partial charge in [-0.3, -0.25) is 0 Å². The van der Waals surface area contributed by atoms with Gasteiger partial charge < -0.3 is 10.6 Å². The predicted molar refractivity (Wildman–Crippen MR) is 95.4 cm³/mol. The Bertz CT molecular complexity index is 762. The van der Waals surface area contributed by atoms with E-state index in [0.717, 1.165) is 30.0 Å². The van der Waals surface area contributed by atoms with Crippen molar-refractivity contribution in [1.82, 2.24) is 9.97 Å². The third kappa shape index (κ3) is 5.47. The Balaban J connectivity index is 1.89. The van der Waals surface area contributed by atoms with Gasteiger partial charge in [0.15, 0.2) is 0 Å². The van der Waals surface area contributed by atoms with E-state index in [-0.39, 0.29) is 4.90 Å². The molecule has 4 N–H and O–H groups in total. The second-order valence-electron chi connectivity index (χ2n) is 5.61. The fourth-order valence-electron chi connectivity index (χ4n) is 2.07. The minimum atomic E-state index is -3.64. The molecule has 130 valence electrons. The second-order valence-corrected chi connectivity index (χ2v) is 7.17. The molecule has 1 aromatic heterocycles. The van der Waals surface area contributed by atoms with Crippen molar-refractivity contribution in [1.29, 1.82) is 0 Å². The second kappa shape index (κ2) is 8.07. The van der Waals surface area contributed by atoms with Crippen molar-refractivity contribution in [3.8, 4) is 0 Å². The van der Waals surface area contributed by atoms with E-state index in [1.165, 1.54) is 18.5 Å². The molecule has 0 amide bonds. The lowest BCUT2D eigenvalue weighted by atomic mass is 10.1. The van der Waals surface area contributed by atoms with Crippen molar-refractivity contribution in [3.05, 3.63) is 42.2 Å². The van der Waals surface area contributed by atoms with Crippen molar-refractivity contribution in [2.24, 2.45) is 5.14 Å². The first-order valence-electron chi connectivity index (χ1n) is 7.82. The lowest BCUT2D eigenvalue weighted by Gasteiger charge is -2.13. The summed E-state index contributed by atoms with van der Waals surface area (Å²) in [6.45, 7) is 4.88. The van der Waals surface area contributed by atoms with Crippen molar-refractivity contribution in [2.45, 2.75) is 37.6 Å². The van der Waals surface area contributed by atoms with Gasteiger partial charge in [0.05, 0.1) is 4.90 Å². The number of sulfonamides is 1. The number of rotatable bonds is 8. The number of nitrogens with one attached hydrogen (secondary N) is 2. The standard InChI is InChI=1S/C16H23N5O2S/c1-3-12(2)21-16-10-15(19-11-20-16)18-9-8-13-4-6-14(7-5-13)24(17,22)23/h4-7,10-12H,3,8-9H2,1-2H3,(H2,17,22,23)(H2,18,19,20,21). The minimum absolute atomic E-state index is 0.121. The molecule has 1 aromatic carbocycles. The number of anilines is 2. The molecule has 0 fully saturated rings. The molecule has 0 aliphatic carbocycles. The summed E-state index contributed by atoms with van der Waals surface area (Å²) in [7, 11) is -3.64. The maximum Gasteiger partial charge on any atom is 0.238 e. The molecule has 2 aromatic rings. The molecule has 1 heterocycles. The quantitative estimate of drug-likeness (QED) is 0.672. The van der Waals surface area contributed by atoms with Crippen molar-refractivity contribution < 1.29 is 8.42 Å². The molecular formula is C16H23N5O2S. The van der Waals surface area contributed by atoms with Crippen LogP contribution < -0.4 is 15.8 Å². The SMILES string of the molecule is CCC(C)Nc1cc(NCCc2ccc(S(N)(=O)=O)cc2)ncn1. The molecule has 0 aliphatic heterocycles. The van der Waals surface area contributed by atoms with Crippen LogP contribution in [0.1, 0.15) is 25.8 Å². The number of nitrogens with zero attached hydrogens (tertiary/aromatic N) is 2. The van der Waals surface area contributed by atoms with E-state index >= 15 is 0 Å². The molecule has 0 saturated heterocycles. The molecule has 0 saturated carbocycles. The molecule has 0 aliphatic rings. The van der Waals surface area contributed by atoms with Crippen LogP contribution in [0.25, 0.3) is 0 Å². The molecule has 1 atom stereocenters.